The molecule has 0 spiro atoms. The van der Waals surface area contributed by atoms with Crippen molar-refractivity contribution in [1.82, 2.24) is 0 Å². The van der Waals surface area contributed by atoms with Crippen molar-refractivity contribution in [3.63, 3.8) is 0 Å². The van der Waals surface area contributed by atoms with E-state index in [2.05, 4.69) is 9.80 Å². The number of benzene rings is 2. The van der Waals surface area contributed by atoms with Crippen LogP contribution in [0.15, 0.2) is 48.5 Å². The molecule has 0 atom stereocenters. The molecule has 164 valence electrons. The van der Waals surface area contributed by atoms with E-state index in [9.17, 15) is 0 Å². The van der Waals surface area contributed by atoms with Gasteiger partial charge in [0, 0.05) is 45.8 Å². The molecule has 2 aromatic rings. The fourth-order valence-electron chi connectivity index (χ4n) is 1.76. The molecule has 0 aliphatic heterocycles. The molecule has 31 heavy (non-hydrogen) atoms. The van der Waals surface area contributed by atoms with Gasteiger partial charge in [-0.25, -0.2) is 8.42 Å². The van der Waals surface area contributed by atoms with Gasteiger partial charge in [-0.15, -0.1) is 12.6 Å². The van der Waals surface area contributed by atoms with E-state index in [1.54, 1.807) is 0 Å². The van der Waals surface area contributed by atoms with Gasteiger partial charge in [0.15, 0.2) is 0 Å². The molecule has 13 heteroatoms. The third kappa shape index (κ3) is 22.4. The third-order valence-corrected chi connectivity index (χ3v) is 2.94. The second-order valence-corrected chi connectivity index (χ2v) is 7.60. The van der Waals surface area contributed by atoms with Crippen LogP contribution in [0, 0.1) is 7.43 Å². The minimum absolute atomic E-state index is 0. The summed E-state index contributed by atoms with van der Waals surface area (Å²) in [4.78, 5) is 4.13. The first kappa shape index (κ1) is 37.7. The zero-order valence-corrected chi connectivity index (χ0v) is 24.8. The van der Waals surface area contributed by atoms with Crippen molar-refractivity contribution < 1.29 is 89.4 Å². The van der Waals surface area contributed by atoms with E-state index in [0.29, 0.717) is 6.26 Å². The van der Waals surface area contributed by atoms with Crippen LogP contribution in [0.2, 0.25) is 0 Å². The first-order valence-electron chi connectivity index (χ1n) is 7.70. The minimum Gasteiger partial charge on any atom is -0.748 e. The van der Waals surface area contributed by atoms with Crippen molar-refractivity contribution in [1.29, 1.82) is 0 Å². The van der Waals surface area contributed by atoms with Gasteiger partial charge in [0.1, 0.15) is 11.5 Å². The molecule has 2 aromatic carbocycles. The molecule has 0 aliphatic carbocycles. The van der Waals surface area contributed by atoms with Crippen molar-refractivity contribution in [2.75, 3.05) is 44.2 Å². The number of anilines is 2. The van der Waals surface area contributed by atoms with Gasteiger partial charge in [-0.1, -0.05) is 0 Å². The zero-order chi connectivity index (χ0) is 21.9. The maximum Gasteiger partial charge on any atom is 1.00 e. The van der Waals surface area contributed by atoms with Gasteiger partial charge in [0.05, 0.1) is 10.1 Å². The molecular formula is C18H26N2Na2O7S2. The van der Waals surface area contributed by atoms with Crippen molar-refractivity contribution >= 4 is 32.1 Å². The van der Waals surface area contributed by atoms with E-state index in [0.717, 1.165) is 22.9 Å². The number of hydrogen-bond acceptors (Lipinski definition) is 9. The van der Waals surface area contributed by atoms with Crippen LogP contribution < -0.4 is 73.7 Å². The van der Waals surface area contributed by atoms with Crippen molar-refractivity contribution in [3.05, 3.63) is 56.0 Å². The summed E-state index contributed by atoms with van der Waals surface area (Å²) in [5.41, 5.74) is 2.32. The van der Waals surface area contributed by atoms with Gasteiger partial charge in [0.25, 0.3) is 0 Å². The average molecular weight is 493 g/mol. The Morgan fingerprint density at radius 3 is 1.10 bits per heavy atom. The summed E-state index contributed by atoms with van der Waals surface area (Å²) < 4.78 is 58.4. The summed E-state index contributed by atoms with van der Waals surface area (Å²) in [6, 6.07) is 16.1. The second kappa shape index (κ2) is 18.9. The number of ether oxygens (including phenoxy) is 1. The average Bonchev–Trinajstić information content (AvgIpc) is 2.54. The molecule has 0 aliphatic rings. The van der Waals surface area contributed by atoms with Crippen LogP contribution in [0.4, 0.5) is 11.4 Å². The number of nitrogens with zero attached hydrogens (tertiary/aromatic N) is 2. The van der Waals surface area contributed by atoms with Crippen LogP contribution in [0.25, 0.3) is 0 Å². The van der Waals surface area contributed by atoms with Crippen LogP contribution in [-0.2, 0) is 20.7 Å². The first-order valence-corrected chi connectivity index (χ1v) is 10.5. The Balaban J connectivity index is -0.000000261. The van der Waals surface area contributed by atoms with Gasteiger partial charge in [-0.05, 0) is 48.5 Å². The van der Waals surface area contributed by atoms with E-state index in [1.807, 2.05) is 76.7 Å². The van der Waals surface area contributed by atoms with Crippen LogP contribution in [0.1, 0.15) is 0 Å². The van der Waals surface area contributed by atoms with E-state index >= 15 is 0 Å². The Morgan fingerprint density at radius 2 is 0.935 bits per heavy atom. The standard InChI is InChI=1S/C16H20N2O.CH4O3S.CH3.2Na.O3S/c1-17(2)13-5-9-15(10-6-13)19-16-11-7-14(8-12-16)18(3)4;1-5(2,3)4;;;;1-4(2)3/h5-12H,1-4H3;1H3,(H,2,3,4);1H3;;;/q;;-1;2*+1;/p-1. The summed E-state index contributed by atoms with van der Waals surface area (Å²) >= 11 is 0. The maximum absolute atomic E-state index is 9.08. The van der Waals surface area contributed by atoms with E-state index in [1.165, 1.54) is 0 Å². The second-order valence-electron chi connectivity index (χ2n) is 5.79. The Labute approximate surface area is 231 Å². The molecule has 0 aromatic heterocycles. The molecule has 0 fully saturated rings. The molecule has 0 radical (unpaired) electrons. The summed E-state index contributed by atoms with van der Waals surface area (Å²) in [5, 5.41) is 0. The van der Waals surface area contributed by atoms with Crippen molar-refractivity contribution in [3.8, 4) is 11.5 Å². The van der Waals surface area contributed by atoms with Gasteiger partial charge >= 0.3 is 69.7 Å². The van der Waals surface area contributed by atoms with Crippen LogP contribution in [-0.4, -0.2) is 60.0 Å². The van der Waals surface area contributed by atoms with Crippen LogP contribution in [0.3, 0.4) is 0 Å². The maximum atomic E-state index is 9.08. The smallest absolute Gasteiger partial charge is 0.748 e. The van der Waals surface area contributed by atoms with E-state index < -0.39 is 20.7 Å². The minimum atomic E-state index is -3.92. The molecule has 0 bridgehead atoms. The molecule has 0 amide bonds. The van der Waals surface area contributed by atoms with Gasteiger partial charge < -0.3 is 26.5 Å². The molecule has 0 saturated carbocycles. The monoisotopic (exact) mass is 492 g/mol. The summed E-state index contributed by atoms with van der Waals surface area (Å²) in [5.74, 6) is 1.70. The summed E-state index contributed by atoms with van der Waals surface area (Å²) in [6.07, 6.45) is 0.604. The third-order valence-electron chi connectivity index (χ3n) is 2.94. The fraction of sp³-hybridized carbons (Fsp3) is 0.278. The van der Waals surface area contributed by atoms with Crippen molar-refractivity contribution in [2.45, 2.75) is 0 Å². The molecule has 0 heterocycles. The molecule has 9 nitrogen and oxygen atoms in total. The molecular weight excluding hydrogens is 466 g/mol. The Kier molecular flexibility index (Phi) is 23.0. The zero-order valence-electron chi connectivity index (χ0n) is 19.2. The Bertz CT molecular complexity index is 870. The fourth-order valence-corrected chi connectivity index (χ4v) is 1.76. The summed E-state index contributed by atoms with van der Waals surface area (Å²) in [6.45, 7) is 0. The normalized spacial score (nSPS) is 8.84. The SMILES string of the molecule is CN(C)c1ccc(Oc2ccc(N(C)C)cc2)cc1.CS(=O)(=O)[O-].O=S(=O)=O.[CH3-].[Na+].[Na+]. The largest absolute Gasteiger partial charge is 1.00 e. The van der Waals surface area contributed by atoms with Gasteiger partial charge in [0.2, 0.25) is 0 Å². The topological polar surface area (TPSA) is 124 Å². The quantitative estimate of drug-likeness (QED) is 0.240. The van der Waals surface area contributed by atoms with E-state index in [4.69, 9.17) is 30.3 Å². The van der Waals surface area contributed by atoms with Crippen molar-refractivity contribution in [2.24, 2.45) is 0 Å². The predicted octanol–water partition coefficient (Wildman–Crippen LogP) is -3.77. The molecule has 0 unspecified atom stereocenters. The molecule has 2 rings (SSSR count). The van der Waals surface area contributed by atoms with Crippen LogP contribution in [0.5, 0.6) is 11.5 Å². The molecule has 0 saturated heterocycles. The number of rotatable bonds is 4. The Hall–Kier alpha value is -0.630. The van der Waals surface area contributed by atoms with E-state index in [-0.39, 0.29) is 66.5 Å². The summed E-state index contributed by atoms with van der Waals surface area (Å²) in [7, 11) is 1.07. The first-order chi connectivity index (χ1) is 12.8. The molecule has 0 N–H and O–H groups in total. The van der Waals surface area contributed by atoms with Crippen LogP contribution >= 0.6 is 0 Å². The Morgan fingerprint density at radius 1 is 0.742 bits per heavy atom. The predicted molar refractivity (Wildman–Crippen MR) is 113 cm³/mol. The van der Waals surface area contributed by atoms with Gasteiger partial charge in [-0.3, -0.25) is 0 Å². The van der Waals surface area contributed by atoms with Gasteiger partial charge in [-0.2, -0.15) is 0 Å². The number of hydrogen-bond donors (Lipinski definition) is 0.